The summed E-state index contributed by atoms with van der Waals surface area (Å²) < 4.78 is 0. The topological polar surface area (TPSA) is 24.9 Å². The van der Waals surface area contributed by atoms with Gasteiger partial charge in [-0.15, -0.1) is 22.7 Å². The minimum Gasteiger partial charge on any atom is -0.310 e. The molecule has 0 aliphatic carbocycles. The molecule has 0 saturated heterocycles. The van der Waals surface area contributed by atoms with Gasteiger partial charge in [0, 0.05) is 10.4 Å². The predicted molar refractivity (Wildman–Crippen MR) is 77.0 cm³/mol. The third-order valence-corrected chi connectivity index (χ3v) is 5.70. The molecule has 0 aliphatic rings. The summed E-state index contributed by atoms with van der Waals surface area (Å²) in [5.41, 5.74) is 2.44. The molecule has 0 atom stereocenters. The summed E-state index contributed by atoms with van der Waals surface area (Å²) >= 11 is 3.57. The molecule has 0 aliphatic heterocycles. The smallest absolute Gasteiger partial charge is 0.134 e. The van der Waals surface area contributed by atoms with Crippen molar-refractivity contribution in [3.05, 3.63) is 27.6 Å². The highest BCUT2D eigenvalue weighted by atomic mass is 32.1. The Morgan fingerprint density at radius 2 is 2.00 bits per heavy atom. The lowest BCUT2D eigenvalue weighted by atomic mass is 10.0. The molecule has 0 saturated carbocycles. The summed E-state index contributed by atoms with van der Waals surface area (Å²) in [5.74, 6) is 0. The predicted octanol–water partition coefficient (Wildman–Crippen LogP) is 3.94. The van der Waals surface area contributed by atoms with Gasteiger partial charge in [-0.1, -0.05) is 0 Å². The van der Waals surface area contributed by atoms with E-state index in [-0.39, 0.29) is 5.54 Å². The molecule has 0 unspecified atom stereocenters. The average Bonchev–Trinajstić information content (AvgIpc) is 2.84. The molecule has 17 heavy (non-hydrogen) atoms. The number of nitrogens with zero attached hydrogens (tertiary/aromatic N) is 1. The quantitative estimate of drug-likeness (QED) is 0.910. The van der Waals surface area contributed by atoms with Crippen molar-refractivity contribution in [3.8, 4) is 9.88 Å². The minimum absolute atomic E-state index is 0.00877. The van der Waals surface area contributed by atoms with E-state index >= 15 is 0 Å². The van der Waals surface area contributed by atoms with Crippen LogP contribution in [-0.2, 0) is 5.54 Å². The third kappa shape index (κ3) is 2.30. The largest absolute Gasteiger partial charge is 0.310 e. The second kappa shape index (κ2) is 4.52. The number of hydrogen-bond donors (Lipinski definition) is 1. The molecule has 0 amide bonds. The number of aryl methyl sites for hydroxylation is 2. The Bertz CT molecular complexity index is 523. The van der Waals surface area contributed by atoms with Crippen LogP contribution >= 0.6 is 22.7 Å². The van der Waals surface area contributed by atoms with Gasteiger partial charge >= 0.3 is 0 Å². The van der Waals surface area contributed by atoms with Crippen LogP contribution in [0.15, 0.2) is 11.4 Å². The lowest BCUT2D eigenvalue weighted by Gasteiger charge is -2.22. The highest BCUT2D eigenvalue weighted by molar-refractivity contribution is 7.21. The van der Waals surface area contributed by atoms with E-state index in [9.17, 15) is 0 Å². The van der Waals surface area contributed by atoms with Crippen LogP contribution in [-0.4, -0.2) is 12.0 Å². The van der Waals surface area contributed by atoms with Crippen LogP contribution in [0.25, 0.3) is 9.88 Å². The summed E-state index contributed by atoms with van der Waals surface area (Å²) in [5, 5.41) is 6.62. The second-order valence-electron chi connectivity index (χ2n) is 4.74. The Kier molecular flexibility index (Phi) is 3.39. The first-order chi connectivity index (χ1) is 7.95. The summed E-state index contributed by atoms with van der Waals surface area (Å²) in [6, 6.07) is 2.15. The van der Waals surface area contributed by atoms with Crippen LogP contribution in [0.5, 0.6) is 0 Å². The number of hydrogen-bond acceptors (Lipinski definition) is 4. The zero-order valence-corrected chi connectivity index (χ0v) is 12.6. The van der Waals surface area contributed by atoms with Gasteiger partial charge < -0.3 is 5.32 Å². The van der Waals surface area contributed by atoms with Crippen LogP contribution < -0.4 is 5.32 Å². The highest BCUT2D eigenvalue weighted by Crippen LogP contribution is 2.37. The molecule has 0 radical (unpaired) electrons. The summed E-state index contributed by atoms with van der Waals surface area (Å²) in [6.07, 6.45) is 0. The van der Waals surface area contributed by atoms with Crippen molar-refractivity contribution in [2.24, 2.45) is 0 Å². The van der Waals surface area contributed by atoms with Crippen LogP contribution in [0, 0.1) is 13.8 Å². The maximum absolute atomic E-state index is 4.72. The molecule has 2 nitrogen and oxygen atoms in total. The standard InChI is InChI=1S/C13H18N2S2/c1-8-6-7-16-10(8)12-15-9(2)11(17-12)13(3,4)14-5/h6-7,14H,1-5H3. The molecule has 4 heteroatoms. The van der Waals surface area contributed by atoms with Crippen molar-refractivity contribution in [2.45, 2.75) is 33.2 Å². The third-order valence-electron chi connectivity index (χ3n) is 3.05. The molecule has 1 N–H and O–H groups in total. The van der Waals surface area contributed by atoms with Gasteiger partial charge in [0.05, 0.1) is 10.6 Å². The monoisotopic (exact) mass is 266 g/mol. The molecule has 2 rings (SSSR count). The summed E-state index contributed by atoms with van der Waals surface area (Å²) in [4.78, 5) is 7.34. The zero-order valence-electron chi connectivity index (χ0n) is 10.9. The van der Waals surface area contributed by atoms with Crippen molar-refractivity contribution >= 4 is 22.7 Å². The van der Waals surface area contributed by atoms with E-state index in [2.05, 4.69) is 44.5 Å². The molecule has 2 aromatic rings. The van der Waals surface area contributed by atoms with Crippen molar-refractivity contribution in [1.29, 1.82) is 0 Å². The minimum atomic E-state index is -0.00877. The van der Waals surface area contributed by atoms with E-state index in [0.29, 0.717) is 0 Å². The fourth-order valence-corrected chi connectivity index (χ4v) is 4.04. The maximum Gasteiger partial charge on any atom is 0.134 e. The van der Waals surface area contributed by atoms with Crippen LogP contribution in [0.4, 0.5) is 0 Å². The Morgan fingerprint density at radius 1 is 1.29 bits per heavy atom. The van der Waals surface area contributed by atoms with Gasteiger partial charge in [-0.25, -0.2) is 4.98 Å². The van der Waals surface area contributed by atoms with Crippen molar-refractivity contribution in [1.82, 2.24) is 10.3 Å². The lowest BCUT2D eigenvalue weighted by molar-refractivity contribution is 0.450. The van der Waals surface area contributed by atoms with Gasteiger partial charge in [-0.3, -0.25) is 0 Å². The lowest BCUT2D eigenvalue weighted by Crippen LogP contribution is -2.32. The number of rotatable bonds is 3. The first-order valence-electron chi connectivity index (χ1n) is 5.67. The van der Waals surface area contributed by atoms with E-state index < -0.39 is 0 Å². The van der Waals surface area contributed by atoms with Gasteiger partial charge in [-0.2, -0.15) is 0 Å². The average molecular weight is 266 g/mol. The Hall–Kier alpha value is -0.710. The molecule has 92 valence electrons. The normalized spacial score (nSPS) is 12.1. The molecule has 0 fully saturated rings. The van der Waals surface area contributed by atoms with Crippen molar-refractivity contribution in [3.63, 3.8) is 0 Å². The fourth-order valence-electron chi connectivity index (χ4n) is 1.78. The Labute approximate surface area is 111 Å². The van der Waals surface area contributed by atoms with Gasteiger partial charge in [0.1, 0.15) is 5.01 Å². The van der Waals surface area contributed by atoms with Gasteiger partial charge in [0.2, 0.25) is 0 Å². The van der Waals surface area contributed by atoms with Gasteiger partial charge in [-0.05, 0) is 51.8 Å². The number of aromatic nitrogens is 1. The molecule has 0 bridgehead atoms. The van der Waals surface area contributed by atoms with E-state index in [1.54, 1.807) is 22.7 Å². The van der Waals surface area contributed by atoms with Crippen molar-refractivity contribution < 1.29 is 0 Å². The van der Waals surface area contributed by atoms with E-state index in [1.165, 1.54) is 15.3 Å². The number of thiophene rings is 1. The Balaban J connectivity index is 2.48. The summed E-state index contributed by atoms with van der Waals surface area (Å²) in [6.45, 7) is 8.62. The maximum atomic E-state index is 4.72. The molecular formula is C13H18N2S2. The fraction of sp³-hybridized carbons (Fsp3) is 0.462. The second-order valence-corrected chi connectivity index (χ2v) is 6.66. The molecule has 0 aromatic carbocycles. The van der Waals surface area contributed by atoms with E-state index in [4.69, 9.17) is 4.98 Å². The molecule has 0 spiro atoms. The highest BCUT2D eigenvalue weighted by Gasteiger charge is 2.24. The van der Waals surface area contributed by atoms with Crippen LogP contribution in [0.2, 0.25) is 0 Å². The van der Waals surface area contributed by atoms with E-state index in [1.807, 2.05) is 7.05 Å². The van der Waals surface area contributed by atoms with Crippen molar-refractivity contribution in [2.75, 3.05) is 7.05 Å². The van der Waals surface area contributed by atoms with Crippen LogP contribution in [0.3, 0.4) is 0 Å². The summed E-state index contributed by atoms with van der Waals surface area (Å²) in [7, 11) is 2.00. The van der Waals surface area contributed by atoms with E-state index in [0.717, 1.165) is 10.7 Å². The van der Waals surface area contributed by atoms with Crippen LogP contribution in [0.1, 0.15) is 30.0 Å². The first kappa shape index (κ1) is 12.7. The zero-order chi connectivity index (χ0) is 12.6. The molecular weight excluding hydrogens is 248 g/mol. The van der Waals surface area contributed by atoms with Gasteiger partial charge in [0.15, 0.2) is 0 Å². The molecule has 2 aromatic heterocycles. The number of thiazole rings is 1. The first-order valence-corrected chi connectivity index (χ1v) is 7.36. The SMILES string of the molecule is CNC(C)(C)c1sc(-c2sccc2C)nc1C. The Morgan fingerprint density at radius 3 is 2.53 bits per heavy atom. The number of nitrogens with one attached hydrogen (secondary N) is 1. The molecule has 2 heterocycles. The van der Waals surface area contributed by atoms with Gasteiger partial charge in [0.25, 0.3) is 0 Å².